The molecule has 0 radical (unpaired) electrons. The lowest BCUT2D eigenvalue weighted by Gasteiger charge is -2.34. The molecule has 4 rings (SSSR count). The summed E-state index contributed by atoms with van der Waals surface area (Å²) >= 11 is 1.79. The Labute approximate surface area is 172 Å². The van der Waals surface area contributed by atoms with E-state index in [-0.39, 0.29) is 23.8 Å². The molecule has 0 aliphatic carbocycles. The van der Waals surface area contributed by atoms with E-state index in [0.29, 0.717) is 0 Å². The highest BCUT2D eigenvalue weighted by atomic mass is 32.1. The number of nitrogens with two attached hydrogens (primary N) is 1. The van der Waals surface area contributed by atoms with Crippen LogP contribution >= 0.6 is 11.3 Å². The van der Waals surface area contributed by atoms with Crippen LogP contribution in [0.15, 0.2) is 60.2 Å². The predicted molar refractivity (Wildman–Crippen MR) is 111 cm³/mol. The zero-order chi connectivity index (χ0) is 20.2. The molecule has 1 aromatic carbocycles. The summed E-state index contributed by atoms with van der Waals surface area (Å²) < 4.78 is 5.64. The molecule has 0 spiro atoms. The van der Waals surface area contributed by atoms with Crippen LogP contribution in [0.25, 0.3) is 0 Å². The van der Waals surface area contributed by atoms with E-state index in [1.165, 1.54) is 28.9 Å². The number of carbonyl (C=O) groups is 2. The maximum atomic E-state index is 12.7. The molecule has 3 aromatic rings. The van der Waals surface area contributed by atoms with Gasteiger partial charge in [0.15, 0.2) is 0 Å². The average Bonchev–Trinajstić information content (AvgIpc) is 3.22. The van der Waals surface area contributed by atoms with Gasteiger partial charge < -0.3 is 10.5 Å². The highest BCUT2D eigenvalue weighted by molar-refractivity contribution is 7.10. The summed E-state index contributed by atoms with van der Waals surface area (Å²) in [6.07, 6.45) is 3.72. The van der Waals surface area contributed by atoms with Crippen molar-refractivity contribution in [2.45, 2.75) is 19.0 Å². The van der Waals surface area contributed by atoms with Crippen LogP contribution in [-0.4, -0.2) is 34.9 Å². The van der Waals surface area contributed by atoms with Gasteiger partial charge in [-0.3, -0.25) is 14.7 Å². The van der Waals surface area contributed by atoms with Crippen LogP contribution in [0.3, 0.4) is 0 Å². The molecule has 1 unspecified atom stereocenters. The molecule has 6 nitrogen and oxygen atoms in total. The lowest BCUT2D eigenvalue weighted by atomic mass is 10.0. The Morgan fingerprint density at radius 1 is 1.17 bits per heavy atom. The van der Waals surface area contributed by atoms with Crippen LogP contribution in [0, 0.1) is 0 Å². The number of nitrogens with zero attached hydrogens (tertiary/aromatic N) is 2. The van der Waals surface area contributed by atoms with Gasteiger partial charge in [0, 0.05) is 30.4 Å². The fourth-order valence-electron chi connectivity index (χ4n) is 3.63. The van der Waals surface area contributed by atoms with E-state index in [4.69, 9.17) is 10.5 Å². The molecule has 1 aliphatic rings. The molecule has 0 bridgehead atoms. The normalized spacial score (nSPS) is 14.8. The monoisotopic (exact) mass is 407 g/mol. The Kier molecular flexibility index (Phi) is 5.69. The molecular weight excluding hydrogens is 386 g/mol. The van der Waals surface area contributed by atoms with Crippen molar-refractivity contribution in [2.75, 3.05) is 13.2 Å². The summed E-state index contributed by atoms with van der Waals surface area (Å²) in [4.78, 5) is 31.9. The molecule has 3 heterocycles. The zero-order valence-electron chi connectivity index (χ0n) is 15.8. The summed E-state index contributed by atoms with van der Waals surface area (Å²) in [6, 6.07) is 13.6. The van der Waals surface area contributed by atoms with Crippen molar-refractivity contribution in [1.29, 1.82) is 0 Å². The number of hydrogen-bond acceptors (Lipinski definition) is 6. The molecule has 0 fully saturated rings. The second-order valence-electron chi connectivity index (χ2n) is 6.90. The fourth-order valence-corrected chi connectivity index (χ4v) is 4.51. The molecule has 2 N–H and O–H groups in total. The summed E-state index contributed by atoms with van der Waals surface area (Å²) in [6.45, 7) is 1.90. The van der Waals surface area contributed by atoms with E-state index in [2.05, 4.69) is 21.3 Å². The first-order valence-electron chi connectivity index (χ1n) is 9.38. The van der Waals surface area contributed by atoms with E-state index >= 15 is 0 Å². The van der Waals surface area contributed by atoms with E-state index < -0.39 is 11.9 Å². The number of esters is 1. The van der Waals surface area contributed by atoms with Crippen molar-refractivity contribution < 1.29 is 14.3 Å². The quantitative estimate of drug-likeness (QED) is 0.634. The molecular formula is C22H21N3O3S. The Bertz CT molecular complexity index is 1020. The summed E-state index contributed by atoms with van der Waals surface area (Å²) in [5.41, 5.74) is 7.98. The molecule has 7 heteroatoms. The smallest absolute Gasteiger partial charge is 0.339 e. The van der Waals surface area contributed by atoms with E-state index in [9.17, 15) is 9.59 Å². The number of fused-ring (bicyclic) bond motifs is 1. The predicted octanol–water partition coefficient (Wildman–Crippen LogP) is 3.20. The lowest BCUT2D eigenvalue weighted by molar-refractivity contribution is 0.0324. The molecule has 1 atom stereocenters. The van der Waals surface area contributed by atoms with Gasteiger partial charge in [0.25, 0.3) is 5.91 Å². The number of aromatic nitrogens is 1. The third-order valence-electron chi connectivity index (χ3n) is 5.14. The van der Waals surface area contributed by atoms with Crippen molar-refractivity contribution in [1.82, 2.24) is 9.88 Å². The molecule has 29 heavy (non-hydrogen) atoms. The average molecular weight is 407 g/mol. The summed E-state index contributed by atoms with van der Waals surface area (Å²) in [5.74, 6) is -1.28. The van der Waals surface area contributed by atoms with Gasteiger partial charge in [0.2, 0.25) is 0 Å². The largest absolute Gasteiger partial charge is 0.460 e. The third-order valence-corrected chi connectivity index (χ3v) is 6.16. The molecule has 2 aromatic heterocycles. The summed E-state index contributed by atoms with van der Waals surface area (Å²) in [5, 5.41) is 2.13. The van der Waals surface area contributed by atoms with Crippen LogP contribution < -0.4 is 5.73 Å². The van der Waals surface area contributed by atoms with E-state index in [1.54, 1.807) is 11.3 Å². The van der Waals surface area contributed by atoms with Gasteiger partial charge in [0.1, 0.15) is 6.61 Å². The second kappa shape index (κ2) is 8.55. The summed E-state index contributed by atoms with van der Waals surface area (Å²) in [7, 11) is 0. The van der Waals surface area contributed by atoms with Gasteiger partial charge in [-0.15, -0.1) is 11.3 Å². The Morgan fingerprint density at radius 3 is 2.79 bits per heavy atom. The highest BCUT2D eigenvalue weighted by Crippen LogP contribution is 2.30. The highest BCUT2D eigenvalue weighted by Gasteiger charge is 2.27. The van der Waals surface area contributed by atoms with Crippen LogP contribution in [0.1, 0.15) is 42.8 Å². The first-order valence-corrected chi connectivity index (χ1v) is 10.3. The first kappa shape index (κ1) is 19.3. The molecule has 0 saturated carbocycles. The topological polar surface area (TPSA) is 85.5 Å². The Balaban J connectivity index is 1.54. The molecule has 0 saturated heterocycles. The number of primary amides is 1. The first-order chi connectivity index (χ1) is 14.1. The number of pyridine rings is 1. The number of amides is 1. The fraction of sp³-hybridized carbons (Fsp3) is 0.227. The van der Waals surface area contributed by atoms with Crippen molar-refractivity contribution in [3.63, 3.8) is 0 Å². The number of rotatable bonds is 6. The van der Waals surface area contributed by atoms with Crippen LogP contribution in [0.5, 0.6) is 0 Å². The van der Waals surface area contributed by atoms with Crippen molar-refractivity contribution in [3.05, 3.63) is 87.4 Å². The number of carbonyl (C=O) groups excluding carboxylic acids is 2. The van der Waals surface area contributed by atoms with Crippen molar-refractivity contribution >= 4 is 23.2 Å². The maximum Gasteiger partial charge on any atom is 0.339 e. The standard InChI is InChI=1S/C22H21N3O3S/c23-21(26)18-12-24-9-6-17(18)22(27)28-14-19(15-4-2-1-3-5-15)25-10-7-20-16(13-25)8-11-29-20/h1-6,8-9,11-12,19H,7,10,13-14H2,(H2,23,26). The van der Waals surface area contributed by atoms with E-state index in [1.807, 2.05) is 30.3 Å². The van der Waals surface area contributed by atoms with Gasteiger partial charge in [-0.25, -0.2) is 4.79 Å². The van der Waals surface area contributed by atoms with Gasteiger partial charge in [0.05, 0.1) is 17.2 Å². The van der Waals surface area contributed by atoms with Crippen LogP contribution in [-0.2, 0) is 17.7 Å². The number of benzene rings is 1. The second-order valence-corrected chi connectivity index (χ2v) is 7.90. The minimum atomic E-state index is -0.703. The lowest BCUT2D eigenvalue weighted by Crippen LogP contribution is -2.36. The third kappa shape index (κ3) is 4.21. The van der Waals surface area contributed by atoms with E-state index in [0.717, 1.165) is 25.1 Å². The van der Waals surface area contributed by atoms with Crippen LogP contribution in [0.4, 0.5) is 0 Å². The van der Waals surface area contributed by atoms with Gasteiger partial charge in [-0.2, -0.15) is 0 Å². The SMILES string of the molecule is NC(=O)c1cnccc1C(=O)OCC(c1ccccc1)N1CCc2sccc2C1. The van der Waals surface area contributed by atoms with Crippen molar-refractivity contribution in [3.8, 4) is 0 Å². The molecule has 1 aliphatic heterocycles. The van der Waals surface area contributed by atoms with Gasteiger partial charge in [-0.05, 0) is 35.1 Å². The van der Waals surface area contributed by atoms with Crippen molar-refractivity contribution in [2.24, 2.45) is 5.73 Å². The number of hydrogen-bond donors (Lipinski definition) is 1. The molecule has 148 valence electrons. The Hall–Kier alpha value is -3.03. The number of ether oxygens (including phenoxy) is 1. The Morgan fingerprint density at radius 2 is 2.00 bits per heavy atom. The van der Waals surface area contributed by atoms with Gasteiger partial charge >= 0.3 is 5.97 Å². The minimum Gasteiger partial charge on any atom is -0.460 e. The maximum absolute atomic E-state index is 12.7. The minimum absolute atomic E-state index is 0.0645. The van der Waals surface area contributed by atoms with Crippen LogP contribution in [0.2, 0.25) is 0 Å². The number of thiophene rings is 1. The zero-order valence-corrected chi connectivity index (χ0v) is 16.6. The molecule has 1 amide bonds. The van der Waals surface area contributed by atoms with Gasteiger partial charge in [-0.1, -0.05) is 30.3 Å².